The second-order valence-corrected chi connectivity index (χ2v) is 4.85. The van der Waals surface area contributed by atoms with Crippen molar-refractivity contribution in [3.63, 3.8) is 0 Å². The first-order valence-corrected chi connectivity index (χ1v) is 6.49. The number of nitrogens with one attached hydrogen (secondary N) is 1. The van der Waals surface area contributed by atoms with Crippen molar-refractivity contribution in [2.75, 3.05) is 5.32 Å². The molecule has 0 aromatic heterocycles. The Morgan fingerprint density at radius 2 is 1.61 bits per heavy atom. The second-order valence-electron chi connectivity index (χ2n) is 4.41. The molecule has 8 nitrogen and oxygen atoms in total. The Morgan fingerprint density at radius 3 is 2.09 bits per heavy atom. The number of carbonyl (C=O) groups is 2. The molecule has 0 unspecified atom stereocenters. The molecule has 3 N–H and O–H groups in total. The molecule has 0 heterocycles. The predicted molar refractivity (Wildman–Crippen MR) is 81.7 cm³/mol. The lowest BCUT2D eigenvalue weighted by Gasteiger charge is -2.11. The van der Waals surface area contributed by atoms with E-state index in [9.17, 15) is 24.8 Å². The second kappa shape index (κ2) is 6.32. The van der Waals surface area contributed by atoms with E-state index in [1.165, 1.54) is 0 Å². The van der Waals surface area contributed by atoms with Gasteiger partial charge in [-0.25, -0.2) is 9.59 Å². The molecular formula is C14H9ClN2O6. The Labute approximate surface area is 134 Å². The zero-order chi connectivity index (χ0) is 17.1. The molecule has 118 valence electrons. The van der Waals surface area contributed by atoms with Crippen LogP contribution in [0, 0.1) is 10.1 Å². The molecule has 0 aliphatic rings. The monoisotopic (exact) mass is 336 g/mol. The number of hydrogen-bond donors (Lipinski definition) is 3. The highest BCUT2D eigenvalue weighted by Crippen LogP contribution is 2.30. The van der Waals surface area contributed by atoms with Gasteiger partial charge < -0.3 is 15.5 Å². The number of nitro groups is 1. The Kier molecular flexibility index (Phi) is 4.47. The minimum Gasteiger partial charge on any atom is -0.478 e. The van der Waals surface area contributed by atoms with Crippen molar-refractivity contribution >= 4 is 40.6 Å². The lowest BCUT2D eigenvalue weighted by Crippen LogP contribution is -2.09. The number of benzene rings is 2. The summed E-state index contributed by atoms with van der Waals surface area (Å²) in [7, 11) is 0. The molecule has 2 rings (SSSR count). The molecule has 0 saturated carbocycles. The van der Waals surface area contributed by atoms with Crippen molar-refractivity contribution in [3.8, 4) is 0 Å². The van der Waals surface area contributed by atoms with E-state index in [1.54, 1.807) is 24.3 Å². The van der Waals surface area contributed by atoms with Gasteiger partial charge in [0.05, 0.1) is 16.2 Å². The van der Waals surface area contributed by atoms with E-state index in [4.69, 9.17) is 16.7 Å². The first kappa shape index (κ1) is 16.2. The highest BCUT2D eigenvalue weighted by atomic mass is 35.5. The topological polar surface area (TPSA) is 130 Å². The number of carboxylic acids is 2. The third-order valence-corrected chi connectivity index (χ3v) is 3.17. The summed E-state index contributed by atoms with van der Waals surface area (Å²) in [5, 5.41) is 32.4. The molecule has 0 fully saturated rings. The van der Waals surface area contributed by atoms with Crippen LogP contribution in [0.4, 0.5) is 17.1 Å². The molecule has 0 aliphatic carbocycles. The van der Waals surface area contributed by atoms with Gasteiger partial charge in [0.15, 0.2) is 0 Å². The molecule has 0 atom stereocenters. The zero-order valence-corrected chi connectivity index (χ0v) is 12.1. The van der Waals surface area contributed by atoms with Crippen LogP contribution >= 0.6 is 11.6 Å². The molecule has 0 aliphatic heterocycles. The summed E-state index contributed by atoms with van der Waals surface area (Å²) in [5.74, 6) is -2.96. The quantitative estimate of drug-likeness (QED) is 0.563. The highest BCUT2D eigenvalue weighted by Gasteiger charge is 2.25. The third-order valence-electron chi connectivity index (χ3n) is 2.92. The molecular weight excluding hydrogens is 328 g/mol. The smallest absolute Gasteiger partial charge is 0.342 e. The van der Waals surface area contributed by atoms with Crippen molar-refractivity contribution in [2.24, 2.45) is 0 Å². The summed E-state index contributed by atoms with van der Waals surface area (Å²) in [6.45, 7) is 0. The van der Waals surface area contributed by atoms with E-state index in [-0.39, 0.29) is 5.69 Å². The van der Waals surface area contributed by atoms with Gasteiger partial charge in [-0.2, -0.15) is 0 Å². The van der Waals surface area contributed by atoms with Crippen molar-refractivity contribution < 1.29 is 24.7 Å². The number of nitro benzene ring substituents is 1. The van der Waals surface area contributed by atoms with Gasteiger partial charge in [-0.05, 0) is 30.3 Å². The van der Waals surface area contributed by atoms with E-state index < -0.39 is 33.7 Å². The van der Waals surface area contributed by atoms with Crippen LogP contribution in [0.25, 0.3) is 0 Å². The molecule has 2 aromatic rings. The Bertz CT molecular complexity index is 804. The number of carboxylic acid groups (broad SMARTS) is 2. The first-order chi connectivity index (χ1) is 10.8. The van der Waals surface area contributed by atoms with Gasteiger partial charge in [-0.3, -0.25) is 10.1 Å². The van der Waals surface area contributed by atoms with Gasteiger partial charge in [0.1, 0.15) is 5.56 Å². The van der Waals surface area contributed by atoms with E-state index in [0.717, 1.165) is 6.07 Å². The molecule has 0 radical (unpaired) electrons. The van der Waals surface area contributed by atoms with Crippen LogP contribution < -0.4 is 5.32 Å². The number of nitrogens with zero attached hydrogens (tertiary/aromatic N) is 1. The average Bonchev–Trinajstić information content (AvgIpc) is 2.48. The largest absolute Gasteiger partial charge is 0.478 e. The van der Waals surface area contributed by atoms with E-state index >= 15 is 0 Å². The average molecular weight is 337 g/mol. The maximum atomic E-state index is 11.3. The molecule has 2 aromatic carbocycles. The SMILES string of the molecule is O=C(O)c1cc([N+](=O)[O-])c(C(=O)O)cc1Nc1ccc(Cl)cc1. The van der Waals surface area contributed by atoms with E-state index in [2.05, 4.69) is 5.32 Å². The summed E-state index contributed by atoms with van der Waals surface area (Å²) < 4.78 is 0. The molecule has 0 saturated heterocycles. The number of aromatic carboxylic acids is 2. The van der Waals surface area contributed by atoms with Gasteiger partial charge in [-0.1, -0.05) is 11.6 Å². The van der Waals surface area contributed by atoms with Crippen molar-refractivity contribution in [1.82, 2.24) is 0 Å². The van der Waals surface area contributed by atoms with E-state index in [0.29, 0.717) is 16.8 Å². The number of halogens is 1. The summed E-state index contributed by atoms with van der Waals surface area (Å²) in [5.41, 5.74) is -1.46. The van der Waals surface area contributed by atoms with Gasteiger partial charge in [0, 0.05) is 16.8 Å². The zero-order valence-electron chi connectivity index (χ0n) is 11.3. The highest BCUT2D eigenvalue weighted by molar-refractivity contribution is 6.30. The lowest BCUT2D eigenvalue weighted by atomic mass is 10.1. The summed E-state index contributed by atoms with van der Waals surface area (Å²) in [6.07, 6.45) is 0. The predicted octanol–water partition coefficient (Wildman–Crippen LogP) is 3.39. The fourth-order valence-electron chi connectivity index (χ4n) is 1.88. The Balaban J connectivity index is 2.58. The number of hydrogen-bond acceptors (Lipinski definition) is 5. The minimum atomic E-state index is -1.53. The lowest BCUT2D eigenvalue weighted by molar-refractivity contribution is -0.385. The van der Waals surface area contributed by atoms with Crippen LogP contribution in [0.5, 0.6) is 0 Å². The Morgan fingerprint density at radius 1 is 1.04 bits per heavy atom. The number of anilines is 2. The van der Waals surface area contributed by atoms with Crippen LogP contribution in [0.1, 0.15) is 20.7 Å². The maximum Gasteiger partial charge on any atom is 0.342 e. The van der Waals surface area contributed by atoms with Gasteiger partial charge in [0.25, 0.3) is 5.69 Å². The molecule has 0 amide bonds. The molecule has 0 spiro atoms. The van der Waals surface area contributed by atoms with Crippen LogP contribution in [0.2, 0.25) is 5.02 Å². The van der Waals surface area contributed by atoms with Crippen LogP contribution in [0.3, 0.4) is 0 Å². The summed E-state index contributed by atoms with van der Waals surface area (Å²) in [6, 6.07) is 7.83. The fraction of sp³-hybridized carbons (Fsp3) is 0. The third kappa shape index (κ3) is 3.55. The Hall–Kier alpha value is -3.13. The standard InChI is InChI=1S/C14H9ClN2O6/c15-7-1-3-8(4-2-7)16-11-5-10(14(20)21)12(17(22)23)6-9(11)13(18)19/h1-6,16H,(H,18,19)(H,20,21). The summed E-state index contributed by atoms with van der Waals surface area (Å²) in [4.78, 5) is 32.4. The summed E-state index contributed by atoms with van der Waals surface area (Å²) >= 11 is 5.74. The first-order valence-electron chi connectivity index (χ1n) is 6.11. The van der Waals surface area contributed by atoms with Gasteiger partial charge >= 0.3 is 11.9 Å². The fourth-order valence-corrected chi connectivity index (χ4v) is 2.01. The van der Waals surface area contributed by atoms with Crippen molar-refractivity contribution in [1.29, 1.82) is 0 Å². The minimum absolute atomic E-state index is 0.0807. The van der Waals surface area contributed by atoms with Crippen LogP contribution in [-0.4, -0.2) is 27.1 Å². The van der Waals surface area contributed by atoms with Gasteiger partial charge in [0.2, 0.25) is 0 Å². The molecule has 0 bridgehead atoms. The number of rotatable bonds is 5. The van der Waals surface area contributed by atoms with Crippen molar-refractivity contribution in [3.05, 3.63) is 62.7 Å². The van der Waals surface area contributed by atoms with Crippen LogP contribution in [-0.2, 0) is 0 Å². The normalized spacial score (nSPS) is 10.1. The molecule has 23 heavy (non-hydrogen) atoms. The van der Waals surface area contributed by atoms with E-state index in [1.807, 2.05) is 0 Å². The maximum absolute atomic E-state index is 11.3. The van der Waals surface area contributed by atoms with Crippen LogP contribution in [0.15, 0.2) is 36.4 Å². The molecule has 9 heteroatoms. The van der Waals surface area contributed by atoms with Crippen molar-refractivity contribution in [2.45, 2.75) is 0 Å². The van der Waals surface area contributed by atoms with Gasteiger partial charge in [-0.15, -0.1) is 0 Å².